The lowest BCUT2D eigenvalue weighted by molar-refractivity contribution is -0.137. The van der Waals surface area contributed by atoms with Crippen molar-refractivity contribution in [3.8, 4) is 11.5 Å². The molecule has 2 aromatic carbocycles. The molecule has 1 saturated heterocycles. The Morgan fingerprint density at radius 1 is 1.08 bits per heavy atom. The Morgan fingerprint density at radius 3 is 2.56 bits per heavy atom. The predicted molar refractivity (Wildman–Crippen MR) is 138 cm³/mol. The van der Waals surface area contributed by atoms with E-state index in [-0.39, 0.29) is 18.0 Å². The van der Waals surface area contributed by atoms with Crippen molar-refractivity contribution < 1.29 is 32.2 Å². The average molecular weight is 542 g/mol. The minimum absolute atomic E-state index is 0.0581. The van der Waals surface area contributed by atoms with Crippen molar-refractivity contribution in [2.45, 2.75) is 44.4 Å². The van der Waals surface area contributed by atoms with Gasteiger partial charge in [0.25, 0.3) is 5.91 Å². The maximum atomic E-state index is 13.6. The smallest absolute Gasteiger partial charge is 0.416 e. The zero-order valence-electron chi connectivity index (χ0n) is 21.5. The minimum Gasteiger partial charge on any atom is -0.493 e. The van der Waals surface area contributed by atoms with Crippen molar-refractivity contribution in [1.29, 1.82) is 0 Å². The Balaban J connectivity index is 1.55. The van der Waals surface area contributed by atoms with Crippen molar-refractivity contribution in [1.82, 2.24) is 15.2 Å². The van der Waals surface area contributed by atoms with Gasteiger partial charge in [-0.3, -0.25) is 14.6 Å². The second-order valence-electron chi connectivity index (χ2n) is 9.22. The first-order valence-electron chi connectivity index (χ1n) is 12.7. The van der Waals surface area contributed by atoms with Gasteiger partial charge in [-0.2, -0.15) is 13.2 Å². The van der Waals surface area contributed by atoms with Gasteiger partial charge in [-0.1, -0.05) is 12.1 Å². The standard InChI is InChI=1S/C29H30F3N3O4/c1-38-26-18-20(8-13-25(26)39-17-14-23-6-2-4-15-33-23)19-35(24-7-3-5-16-34-27(24)36)28(37)21-9-11-22(12-10-21)29(30,31)32/h2,4,6,8-13,15,18,24H,3,5,7,14,16-17,19H2,1H3,(H,34,36)/t24-/m0/s1. The van der Waals surface area contributed by atoms with E-state index in [9.17, 15) is 22.8 Å². The van der Waals surface area contributed by atoms with Gasteiger partial charge >= 0.3 is 6.18 Å². The SMILES string of the molecule is COc1cc(CN(C(=O)c2ccc(C(F)(F)F)cc2)[C@H]2CCCCNC2=O)ccc1OCCc1ccccn1. The second kappa shape index (κ2) is 12.6. The van der Waals surface area contributed by atoms with Crippen LogP contribution in [0.1, 0.15) is 46.4 Å². The van der Waals surface area contributed by atoms with Crippen LogP contribution in [0.25, 0.3) is 0 Å². The molecule has 39 heavy (non-hydrogen) atoms. The number of benzene rings is 2. The molecule has 3 aromatic rings. The molecule has 0 radical (unpaired) electrons. The van der Waals surface area contributed by atoms with Crippen LogP contribution in [0.4, 0.5) is 13.2 Å². The van der Waals surface area contributed by atoms with Crippen molar-refractivity contribution in [3.63, 3.8) is 0 Å². The van der Waals surface area contributed by atoms with Gasteiger partial charge in [-0.25, -0.2) is 0 Å². The number of hydrogen-bond donors (Lipinski definition) is 1. The Morgan fingerprint density at radius 2 is 1.87 bits per heavy atom. The molecule has 0 saturated carbocycles. The van der Waals surface area contributed by atoms with Crippen LogP contribution in [0, 0.1) is 0 Å². The largest absolute Gasteiger partial charge is 0.493 e. The molecule has 1 N–H and O–H groups in total. The number of ether oxygens (including phenoxy) is 2. The van der Waals surface area contributed by atoms with E-state index in [1.54, 1.807) is 24.4 Å². The molecule has 7 nitrogen and oxygen atoms in total. The Hall–Kier alpha value is -4.08. The van der Waals surface area contributed by atoms with Crippen molar-refractivity contribution in [2.75, 3.05) is 20.3 Å². The molecule has 0 unspecified atom stereocenters. The average Bonchev–Trinajstić information content (AvgIpc) is 3.16. The molecule has 10 heteroatoms. The monoisotopic (exact) mass is 541 g/mol. The van der Waals surface area contributed by atoms with E-state index in [4.69, 9.17) is 9.47 Å². The summed E-state index contributed by atoms with van der Waals surface area (Å²) >= 11 is 0. The lowest BCUT2D eigenvalue weighted by atomic mass is 10.0. The lowest BCUT2D eigenvalue weighted by Crippen LogP contribution is -2.48. The number of amides is 2. The molecule has 0 bridgehead atoms. The topological polar surface area (TPSA) is 80.8 Å². The fraction of sp³-hybridized carbons (Fsp3) is 0.345. The van der Waals surface area contributed by atoms with Gasteiger partial charge in [0.15, 0.2) is 11.5 Å². The van der Waals surface area contributed by atoms with E-state index in [1.165, 1.54) is 12.0 Å². The first-order valence-corrected chi connectivity index (χ1v) is 12.7. The van der Waals surface area contributed by atoms with E-state index in [0.29, 0.717) is 43.1 Å². The number of rotatable bonds is 9. The summed E-state index contributed by atoms with van der Waals surface area (Å²) in [7, 11) is 1.51. The molecule has 1 aromatic heterocycles. The van der Waals surface area contributed by atoms with Gasteiger partial charge in [-0.15, -0.1) is 0 Å². The highest BCUT2D eigenvalue weighted by atomic mass is 19.4. The summed E-state index contributed by atoms with van der Waals surface area (Å²) < 4.78 is 50.6. The number of methoxy groups -OCH3 is 1. The predicted octanol–water partition coefficient (Wildman–Crippen LogP) is 5.04. The van der Waals surface area contributed by atoms with Gasteiger partial charge in [-0.05, 0) is 73.4 Å². The highest BCUT2D eigenvalue weighted by Crippen LogP contribution is 2.31. The van der Waals surface area contributed by atoms with Crippen LogP contribution in [0.3, 0.4) is 0 Å². The number of nitrogens with one attached hydrogen (secondary N) is 1. The van der Waals surface area contributed by atoms with Gasteiger partial charge in [0.2, 0.25) is 5.91 Å². The Kier molecular flexibility index (Phi) is 9.06. The molecule has 0 spiro atoms. The van der Waals surface area contributed by atoms with Gasteiger partial charge < -0.3 is 19.7 Å². The molecule has 2 amide bonds. The normalized spacial score (nSPS) is 15.7. The van der Waals surface area contributed by atoms with Crippen molar-refractivity contribution in [2.24, 2.45) is 0 Å². The molecular weight excluding hydrogens is 511 g/mol. The van der Waals surface area contributed by atoms with Crippen LogP contribution >= 0.6 is 0 Å². The van der Waals surface area contributed by atoms with Crippen LogP contribution in [0.15, 0.2) is 66.9 Å². The first kappa shape index (κ1) is 27.9. The third-order valence-corrected chi connectivity index (χ3v) is 6.53. The van der Waals surface area contributed by atoms with Crippen LogP contribution in [-0.2, 0) is 23.9 Å². The molecule has 4 rings (SSSR count). The highest BCUT2D eigenvalue weighted by Gasteiger charge is 2.33. The maximum absolute atomic E-state index is 13.6. The lowest BCUT2D eigenvalue weighted by Gasteiger charge is -2.30. The molecule has 206 valence electrons. The first-order chi connectivity index (χ1) is 18.8. The van der Waals surface area contributed by atoms with Crippen LogP contribution in [0.5, 0.6) is 11.5 Å². The van der Waals surface area contributed by atoms with Crippen LogP contribution in [0.2, 0.25) is 0 Å². The van der Waals surface area contributed by atoms with Gasteiger partial charge in [0.05, 0.1) is 19.3 Å². The molecule has 2 heterocycles. The molecule has 1 aliphatic heterocycles. The van der Waals surface area contributed by atoms with E-state index >= 15 is 0 Å². The third kappa shape index (κ3) is 7.28. The Bertz CT molecular complexity index is 1270. The summed E-state index contributed by atoms with van der Waals surface area (Å²) in [5, 5.41) is 2.83. The number of halogens is 3. The fourth-order valence-electron chi connectivity index (χ4n) is 4.45. The molecule has 1 fully saturated rings. The summed E-state index contributed by atoms with van der Waals surface area (Å²) in [6.07, 6.45) is -0.227. The quantitative estimate of drug-likeness (QED) is 0.411. The number of aromatic nitrogens is 1. The van der Waals surface area contributed by atoms with Gasteiger partial charge in [0, 0.05) is 37.0 Å². The van der Waals surface area contributed by atoms with Gasteiger partial charge in [0.1, 0.15) is 6.04 Å². The summed E-state index contributed by atoms with van der Waals surface area (Å²) in [6.45, 7) is 0.950. The Labute approximate surface area is 224 Å². The number of carbonyl (C=O) groups excluding carboxylic acids is 2. The van der Waals surface area contributed by atoms with E-state index < -0.39 is 23.7 Å². The van der Waals surface area contributed by atoms with Crippen LogP contribution < -0.4 is 14.8 Å². The summed E-state index contributed by atoms with van der Waals surface area (Å²) in [4.78, 5) is 32.1. The summed E-state index contributed by atoms with van der Waals surface area (Å²) in [5.74, 6) is 0.167. The minimum atomic E-state index is -4.51. The van der Waals surface area contributed by atoms with E-state index in [1.807, 2.05) is 18.2 Å². The van der Waals surface area contributed by atoms with Crippen molar-refractivity contribution in [3.05, 3.63) is 89.2 Å². The van der Waals surface area contributed by atoms with E-state index in [2.05, 4.69) is 10.3 Å². The summed E-state index contributed by atoms with van der Waals surface area (Å²) in [5.41, 5.74) is 0.802. The number of nitrogens with zero attached hydrogens (tertiary/aromatic N) is 2. The molecule has 1 atom stereocenters. The summed E-state index contributed by atoms with van der Waals surface area (Å²) in [6, 6.07) is 14.2. The molecule has 1 aliphatic rings. The molecular formula is C29H30F3N3O4. The maximum Gasteiger partial charge on any atom is 0.416 e. The zero-order chi connectivity index (χ0) is 27.8. The number of alkyl halides is 3. The van der Waals surface area contributed by atoms with E-state index in [0.717, 1.165) is 42.8 Å². The second-order valence-corrected chi connectivity index (χ2v) is 9.22. The van der Waals surface area contributed by atoms with Crippen molar-refractivity contribution >= 4 is 11.8 Å². The fourth-order valence-corrected chi connectivity index (χ4v) is 4.45. The third-order valence-electron chi connectivity index (χ3n) is 6.53. The number of pyridine rings is 1. The zero-order valence-corrected chi connectivity index (χ0v) is 21.5. The molecule has 0 aliphatic carbocycles. The number of carbonyl (C=O) groups is 2. The highest BCUT2D eigenvalue weighted by molar-refractivity contribution is 5.97. The van der Waals surface area contributed by atoms with Crippen LogP contribution in [-0.4, -0.2) is 48.0 Å². The number of hydrogen-bond acceptors (Lipinski definition) is 5.